The van der Waals surface area contributed by atoms with Crippen LogP contribution in [0.4, 0.5) is 5.69 Å². The average molecular weight is 407 g/mol. The minimum atomic E-state index is -0.562. The van der Waals surface area contributed by atoms with Gasteiger partial charge in [-0.1, -0.05) is 26.7 Å². The second-order valence-corrected chi connectivity index (χ2v) is 7.27. The van der Waals surface area contributed by atoms with Crippen LogP contribution in [0.2, 0.25) is 0 Å². The molecular weight excluding hydrogens is 378 g/mol. The van der Waals surface area contributed by atoms with Gasteiger partial charge in [0.15, 0.2) is 11.5 Å². The number of rotatable bonds is 8. The standard InChI is InChI=1S/C20H29N3O6/c1-3-14(4-2)17(22-5-7-27-8-6-22)13-21-20(24)15-11-18-19(29-10-9-28-18)12-16(15)23(25)26/h11-12,14,17H,3-10,13H2,1-2H3,(H,21,24). The van der Waals surface area contributed by atoms with Gasteiger partial charge in [0.25, 0.3) is 11.6 Å². The molecule has 0 saturated carbocycles. The number of carbonyl (C=O) groups is 1. The van der Waals surface area contributed by atoms with Crippen LogP contribution in [0.25, 0.3) is 0 Å². The van der Waals surface area contributed by atoms with Crippen LogP contribution < -0.4 is 14.8 Å². The predicted molar refractivity (Wildman–Crippen MR) is 107 cm³/mol. The number of fused-ring (bicyclic) bond motifs is 1. The van der Waals surface area contributed by atoms with E-state index in [0.717, 1.165) is 25.9 Å². The van der Waals surface area contributed by atoms with Crippen molar-refractivity contribution in [2.24, 2.45) is 5.92 Å². The minimum Gasteiger partial charge on any atom is -0.486 e. The molecule has 1 N–H and O–H groups in total. The first-order valence-corrected chi connectivity index (χ1v) is 10.2. The lowest BCUT2D eigenvalue weighted by molar-refractivity contribution is -0.385. The van der Waals surface area contributed by atoms with Crippen LogP contribution in [-0.2, 0) is 4.74 Å². The number of carbonyl (C=O) groups excluding carboxylic acids is 1. The smallest absolute Gasteiger partial charge is 0.286 e. The van der Waals surface area contributed by atoms with E-state index in [1.807, 2.05) is 0 Å². The van der Waals surface area contributed by atoms with Crippen molar-refractivity contribution < 1.29 is 23.9 Å². The number of amides is 1. The highest BCUT2D eigenvalue weighted by atomic mass is 16.6. The van der Waals surface area contributed by atoms with Gasteiger partial charge in [-0.3, -0.25) is 19.8 Å². The quantitative estimate of drug-likeness (QED) is 0.521. The van der Waals surface area contributed by atoms with Crippen molar-refractivity contribution in [1.82, 2.24) is 10.2 Å². The lowest BCUT2D eigenvalue weighted by atomic mass is 9.92. The maximum absolute atomic E-state index is 12.9. The Morgan fingerprint density at radius 3 is 2.34 bits per heavy atom. The van der Waals surface area contributed by atoms with Gasteiger partial charge in [-0.05, 0) is 5.92 Å². The van der Waals surface area contributed by atoms with Gasteiger partial charge in [-0.15, -0.1) is 0 Å². The zero-order valence-corrected chi connectivity index (χ0v) is 17.0. The number of hydrogen-bond donors (Lipinski definition) is 1. The van der Waals surface area contributed by atoms with Gasteiger partial charge in [0.2, 0.25) is 0 Å². The molecule has 1 aromatic rings. The predicted octanol–water partition coefficient (Wildman–Crippen LogP) is 2.23. The summed E-state index contributed by atoms with van der Waals surface area (Å²) >= 11 is 0. The summed E-state index contributed by atoms with van der Waals surface area (Å²) < 4.78 is 16.4. The molecule has 29 heavy (non-hydrogen) atoms. The number of nitrogens with one attached hydrogen (secondary N) is 1. The van der Waals surface area contributed by atoms with Crippen LogP contribution in [0.5, 0.6) is 11.5 Å². The largest absolute Gasteiger partial charge is 0.486 e. The molecule has 0 spiro atoms. The third-order valence-corrected chi connectivity index (χ3v) is 5.68. The van der Waals surface area contributed by atoms with Gasteiger partial charge >= 0.3 is 0 Å². The van der Waals surface area contributed by atoms with Crippen molar-refractivity contribution in [1.29, 1.82) is 0 Å². The molecular formula is C20H29N3O6. The van der Waals surface area contributed by atoms with Crippen molar-refractivity contribution in [3.8, 4) is 11.5 Å². The summed E-state index contributed by atoms with van der Waals surface area (Å²) in [6.07, 6.45) is 2.00. The zero-order chi connectivity index (χ0) is 20.8. The molecule has 1 unspecified atom stereocenters. The molecule has 3 rings (SSSR count). The molecule has 1 atom stereocenters. The van der Waals surface area contributed by atoms with Crippen molar-refractivity contribution in [3.05, 3.63) is 27.8 Å². The first kappa shape index (κ1) is 21.3. The summed E-state index contributed by atoms with van der Waals surface area (Å²) in [5.74, 6) is 0.598. The van der Waals surface area contributed by atoms with E-state index in [4.69, 9.17) is 14.2 Å². The number of benzene rings is 1. The van der Waals surface area contributed by atoms with Gasteiger partial charge in [0, 0.05) is 31.7 Å². The van der Waals surface area contributed by atoms with E-state index in [9.17, 15) is 14.9 Å². The van der Waals surface area contributed by atoms with Gasteiger partial charge in [0.1, 0.15) is 18.8 Å². The molecule has 1 amide bonds. The number of nitro groups is 1. The van der Waals surface area contributed by atoms with Gasteiger partial charge in [0.05, 0.1) is 24.2 Å². The molecule has 0 aliphatic carbocycles. The van der Waals surface area contributed by atoms with Gasteiger partial charge < -0.3 is 19.5 Å². The monoisotopic (exact) mass is 407 g/mol. The number of hydrogen-bond acceptors (Lipinski definition) is 7. The molecule has 9 nitrogen and oxygen atoms in total. The van der Waals surface area contributed by atoms with Crippen LogP contribution in [0.1, 0.15) is 37.0 Å². The Morgan fingerprint density at radius 1 is 1.14 bits per heavy atom. The summed E-state index contributed by atoms with van der Waals surface area (Å²) in [5.41, 5.74) is -0.290. The molecule has 1 aromatic carbocycles. The third kappa shape index (κ3) is 4.97. The number of morpholine rings is 1. The fourth-order valence-electron chi connectivity index (χ4n) is 4.04. The van der Waals surface area contributed by atoms with E-state index >= 15 is 0 Å². The lowest BCUT2D eigenvalue weighted by Gasteiger charge is -2.38. The van der Waals surface area contributed by atoms with Crippen LogP contribution in [0, 0.1) is 16.0 Å². The molecule has 9 heteroatoms. The topological polar surface area (TPSA) is 103 Å². The van der Waals surface area contributed by atoms with E-state index in [-0.39, 0.29) is 17.3 Å². The molecule has 0 aromatic heterocycles. The first-order chi connectivity index (χ1) is 14.0. The highest BCUT2D eigenvalue weighted by Gasteiger charge is 2.30. The summed E-state index contributed by atoms with van der Waals surface area (Å²) in [5, 5.41) is 14.4. The molecule has 2 aliphatic heterocycles. The number of ether oxygens (including phenoxy) is 3. The molecule has 160 valence electrons. The summed E-state index contributed by atoms with van der Waals surface area (Å²) in [6, 6.07) is 2.83. The van der Waals surface area contributed by atoms with Gasteiger partial charge in [-0.2, -0.15) is 0 Å². The Hall–Kier alpha value is -2.39. The van der Waals surface area contributed by atoms with E-state index < -0.39 is 10.8 Å². The second kappa shape index (κ2) is 9.89. The second-order valence-electron chi connectivity index (χ2n) is 7.27. The normalized spacial score (nSPS) is 17.8. The number of nitro benzene ring substituents is 1. The van der Waals surface area contributed by atoms with E-state index in [1.165, 1.54) is 12.1 Å². The lowest BCUT2D eigenvalue weighted by Crippen LogP contribution is -2.52. The highest BCUT2D eigenvalue weighted by Crippen LogP contribution is 2.36. The number of nitrogens with zero attached hydrogens (tertiary/aromatic N) is 2. The fourth-order valence-corrected chi connectivity index (χ4v) is 4.04. The summed E-state index contributed by atoms with van der Waals surface area (Å²) in [6.45, 7) is 8.39. The molecule has 0 bridgehead atoms. The Morgan fingerprint density at radius 2 is 1.76 bits per heavy atom. The SMILES string of the molecule is CCC(CC)C(CNC(=O)c1cc2c(cc1[N+](=O)[O-])OCCO2)N1CCOCC1. The van der Waals surface area contributed by atoms with Crippen molar-refractivity contribution >= 4 is 11.6 Å². The molecule has 1 fully saturated rings. The first-order valence-electron chi connectivity index (χ1n) is 10.2. The molecule has 2 aliphatic rings. The highest BCUT2D eigenvalue weighted by molar-refractivity contribution is 5.99. The van der Waals surface area contributed by atoms with E-state index in [1.54, 1.807) is 0 Å². The van der Waals surface area contributed by atoms with Crippen LogP contribution in [-0.4, -0.2) is 67.8 Å². The summed E-state index contributed by atoms with van der Waals surface area (Å²) in [7, 11) is 0. The van der Waals surface area contributed by atoms with Crippen molar-refractivity contribution in [2.45, 2.75) is 32.7 Å². The average Bonchev–Trinajstić information content (AvgIpc) is 2.76. The van der Waals surface area contributed by atoms with Gasteiger partial charge in [-0.25, -0.2) is 0 Å². The maximum atomic E-state index is 12.9. The minimum absolute atomic E-state index is 0.00970. The fraction of sp³-hybridized carbons (Fsp3) is 0.650. The summed E-state index contributed by atoms with van der Waals surface area (Å²) in [4.78, 5) is 26.2. The Bertz CT molecular complexity index is 731. The maximum Gasteiger partial charge on any atom is 0.286 e. The Balaban J connectivity index is 1.78. The van der Waals surface area contributed by atoms with Crippen molar-refractivity contribution in [2.75, 3.05) is 46.1 Å². The third-order valence-electron chi connectivity index (χ3n) is 5.68. The van der Waals surface area contributed by atoms with Crippen LogP contribution >= 0.6 is 0 Å². The van der Waals surface area contributed by atoms with E-state index in [0.29, 0.717) is 50.4 Å². The van der Waals surface area contributed by atoms with Crippen molar-refractivity contribution in [3.63, 3.8) is 0 Å². The zero-order valence-electron chi connectivity index (χ0n) is 17.0. The molecule has 1 saturated heterocycles. The molecule has 2 heterocycles. The van der Waals surface area contributed by atoms with E-state index in [2.05, 4.69) is 24.1 Å². The molecule has 0 radical (unpaired) electrons. The Labute approximate surface area is 170 Å². The van der Waals surface area contributed by atoms with Crippen LogP contribution in [0.15, 0.2) is 12.1 Å². The Kier molecular flexibility index (Phi) is 7.27. The van der Waals surface area contributed by atoms with Crippen LogP contribution in [0.3, 0.4) is 0 Å².